The van der Waals surface area contributed by atoms with Crippen LogP contribution in [0.1, 0.15) is 12.8 Å². The van der Waals surface area contributed by atoms with Gasteiger partial charge in [-0.25, -0.2) is 0 Å². The zero-order chi connectivity index (χ0) is 13.7. The molecule has 0 saturated carbocycles. The van der Waals surface area contributed by atoms with Gasteiger partial charge in [-0.3, -0.25) is 4.99 Å². The summed E-state index contributed by atoms with van der Waals surface area (Å²) in [4.78, 5) is 6.50. The van der Waals surface area contributed by atoms with E-state index in [1.807, 2.05) is 36.0 Å². The van der Waals surface area contributed by atoms with Crippen LogP contribution in [-0.4, -0.2) is 37.7 Å². The average Bonchev–Trinajstić information content (AvgIpc) is 2.80. The van der Waals surface area contributed by atoms with Crippen molar-refractivity contribution in [3.8, 4) is 5.75 Å². The molecule has 0 amide bonds. The predicted octanol–water partition coefficient (Wildman–Crippen LogP) is 2.34. The molecule has 0 aromatic heterocycles. The quantitative estimate of drug-likeness (QED) is 0.812. The zero-order valence-corrected chi connectivity index (χ0v) is 12.3. The zero-order valence-electron chi connectivity index (χ0n) is 11.5. The van der Waals surface area contributed by atoms with Crippen LogP contribution >= 0.6 is 11.8 Å². The Morgan fingerprint density at radius 2 is 2.26 bits per heavy atom. The first kappa shape index (κ1) is 14.1. The fourth-order valence-electron chi connectivity index (χ4n) is 2.38. The highest BCUT2D eigenvalue weighted by molar-refractivity contribution is 7.98. The molecule has 0 bridgehead atoms. The van der Waals surface area contributed by atoms with Gasteiger partial charge in [0, 0.05) is 0 Å². The number of hydrogen-bond donors (Lipinski definition) is 1. The summed E-state index contributed by atoms with van der Waals surface area (Å²) in [6, 6.07) is 8.31. The molecule has 2 N–H and O–H groups in total. The molecule has 104 valence electrons. The third kappa shape index (κ3) is 3.15. The number of thioether (sulfide) groups is 1. The molecule has 0 radical (unpaired) electrons. The molecule has 1 aromatic rings. The molecule has 1 atom stereocenters. The monoisotopic (exact) mass is 279 g/mol. The number of para-hydroxylation sites is 2. The molecule has 1 heterocycles. The Morgan fingerprint density at radius 1 is 1.47 bits per heavy atom. The van der Waals surface area contributed by atoms with E-state index in [-0.39, 0.29) is 0 Å². The summed E-state index contributed by atoms with van der Waals surface area (Å²) in [7, 11) is 1.69. The van der Waals surface area contributed by atoms with Crippen LogP contribution in [0.2, 0.25) is 0 Å². The summed E-state index contributed by atoms with van der Waals surface area (Å²) in [6.45, 7) is 0.776. The summed E-state index contributed by atoms with van der Waals surface area (Å²) in [5.74, 6) is 2.62. The fraction of sp³-hybridized carbons (Fsp3) is 0.500. The van der Waals surface area contributed by atoms with Crippen molar-refractivity contribution in [3.05, 3.63) is 24.3 Å². The van der Waals surface area contributed by atoms with Gasteiger partial charge in [-0.15, -0.1) is 0 Å². The molecule has 4 nitrogen and oxygen atoms in total. The van der Waals surface area contributed by atoms with E-state index in [4.69, 9.17) is 10.5 Å². The molecule has 1 aliphatic heterocycles. The maximum absolute atomic E-state index is 6.04. The van der Waals surface area contributed by atoms with Crippen LogP contribution in [0.3, 0.4) is 0 Å². The number of hydrogen-bond acceptors (Lipinski definition) is 5. The second-order valence-electron chi connectivity index (χ2n) is 4.53. The van der Waals surface area contributed by atoms with Crippen molar-refractivity contribution in [1.29, 1.82) is 0 Å². The number of guanidine groups is 1. The van der Waals surface area contributed by atoms with Gasteiger partial charge in [0.1, 0.15) is 5.75 Å². The summed E-state index contributed by atoms with van der Waals surface area (Å²) in [5, 5.41) is 0. The minimum Gasteiger partial charge on any atom is -0.495 e. The second kappa shape index (κ2) is 6.70. The Bertz CT molecular complexity index is 450. The molecule has 1 aromatic carbocycles. The third-order valence-electron chi connectivity index (χ3n) is 3.31. The van der Waals surface area contributed by atoms with Gasteiger partial charge in [0.05, 0.1) is 25.4 Å². The second-order valence-corrected chi connectivity index (χ2v) is 5.52. The Labute approximate surface area is 119 Å². The van der Waals surface area contributed by atoms with E-state index >= 15 is 0 Å². The Hall–Kier alpha value is -1.36. The number of aliphatic imine (C=N–C) groups is 1. The van der Waals surface area contributed by atoms with Gasteiger partial charge >= 0.3 is 0 Å². The molecule has 1 aliphatic rings. The van der Waals surface area contributed by atoms with Gasteiger partial charge < -0.3 is 15.4 Å². The standard InChI is InChI=1S/C14H21N3OS/c1-18-13-8-4-3-7-12(13)17-11(6-5-9-19-2)10-16-14(17)15/h3-4,7-8,11H,5-6,9-10H2,1-2H3,(H2,15,16). The van der Waals surface area contributed by atoms with Crippen molar-refractivity contribution in [2.24, 2.45) is 10.7 Å². The lowest BCUT2D eigenvalue weighted by molar-refractivity contribution is 0.414. The van der Waals surface area contributed by atoms with Crippen LogP contribution < -0.4 is 15.4 Å². The van der Waals surface area contributed by atoms with Crippen LogP contribution in [0.25, 0.3) is 0 Å². The van der Waals surface area contributed by atoms with Crippen molar-refractivity contribution in [2.75, 3.05) is 30.6 Å². The number of rotatable bonds is 6. The molecule has 5 heteroatoms. The summed E-state index contributed by atoms with van der Waals surface area (Å²) >= 11 is 1.88. The Balaban J connectivity index is 2.16. The molecule has 1 unspecified atom stereocenters. The lowest BCUT2D eigenvalue weighted by Gasteiger charge is -2.27. The van der Waals surface area contributed by atoms with Gasteiger partial charge in [0.25, 0.3) is 0 Å². The fourth-order valence-corrected chi connectivity index (χ4v) is 2.83. The predicted molar refractivity (Wildman–Crippen MR) is 83.4 cm³/mol. The number of methoxy groups -OCH3 is 1. The van der Waals surface area contributed by atoms with E-state index in [1.54, 1.807) is 7.11 Å². The van der Waals surface area contributed by atoms with Gasteiger partial charge in [-0.2, -0.15) is 11.8 Å². The first-order valence-electron chi connectivity index (χ1n) is 6.49. The third-order valence-corrected chi connectivity index (χ3v) is 4.00. The number of ether oxygens (including phenoxy) is 1. The van der Waals surface area contributed by atoms with Gasteiger partial charge in [-0.05, 0) is 37.0 Å². The normalized spacial score (nSPS) is 18.5. The first-order valence-corrected chi connectivity index (χ1v) is 7.88. The van der Waals surface area contributed by atoms with Crippen LogP contribution in [0, 0.1) is 0 Å². The van der Waals surface area contributed by atoms with E-state index in [2.05, 4.69) is 16.1 Å². The van der Waals surface area contributed by atoms with Gasteiger partial charge in [0.2, 0.25) is 0 Å². The number of nitrogens with two attached hydrogens (primary N) is 1. The molecule has 0 spiro atoms. The Kier molecular flexibility index (Phi) is 4.96. The summed E-state index contributed by atoms with van der Waals surface area (Å²) < 4.78 is 5.42. The first-order chi connectivity index (χ1) is 9.27. The summed E-state index contributed by atoms with van der Waals surface area (Å²) in [5.41, 5.74) is 7.06. The number of benzene rings is 1. The van der Waals surface area contributed by atoms with Crippen molar-refractivity contribution in [1.82, 2.24) is 0 Å². The molecular formula is C14H21N3OS. The minimum absolute atomic E-state index is 0.350. The highest BCUT2D eigenvalue weighted by Gasteiger charge is 2.28. The molecule has 0 fully saturated rings. The van der Waals surface area contributed by atoms with Crippen molar-refractivity contribution < 1.29 is 4.74 Å². The number of anilines is 1. The number of nitrogens with zero attached hydrogens (tertiary/aromatic N) is 2. The van der Waals surface area contributed by atoms with Crippen LogP contribution in [0.5, 0.6) is 5.75 Å². The summed E-state index contributed by atoms with van der Waals surface area (Å²) in [6.07, 6.45) is 4.42. The van der Waals surface area contributed by atoms with Crippen molar-refractivity contribution in [3.63, 3.8) is 0 Å². The SMILES string of the molecule is COc1ccccc1N1C(N)=NCC1CCCSC. The molecule has 19 heavy (non-hydrogen) atoms. The smallest absolute Gasteiger partial charge is 0.196 e. The molecular weight excluding hydrogens is 258 g/mol. The van der Waals surface area contributed by atoms with E-state index in [1.165, 1.54) is 12.2 Å². The van der Waals surface area contributed by atoms with Gasteiger partial charge in [0.15, 0.2) is 5.96 Å². The van der Waals surface area contributed by atoms with E-state index < -0.39 is 0 Å². The van der Waals surface area contributed by atoms with Crippen molar-refractivity contribution >= 4 is 23.4 Å². The largest absolute Gasteiger partial charge is 0.495 e. The van der Waals surface area contributed by atoms with E-state index in [0.717, 1.165) is 24.4 Å². The van der Waals surface area contributed by atoms with E-state index in [0.29, 0.717) is 12.0 Å². The topological polar surface area (TPSA) is 50.9 Å². The minimum atomic E-state index is 0.350. The molecule has 0 aliphatic carbocycles. The average molecular weight is 279 g/mol. The maximum atomic E-state index is 6.04. The highest BCUT2D eigenvalue weighted by Crippen LogP contribution is 2.32. The van der Waals surface area contributed by atoms with Crippen LogP contribution in [-0.2, 0) is 0 Å². The van der Waals surface area contributed by atoms with Crippen LogP contribution in [0.15, 0.2) is 29.3 Å². The molecule has 0 saturated heterocycles. The van der Waals surface area contributed by atoms with Gasteiger partial charge in [-0.1, -0.05) is 12.1 Å². The molecule has 2 rings (SSSR count). The van der Waals surface area contributed by atoms with Crippen LogP contribution in [0.4, 0.5) is 5.69 Å². The van der Waals surface area contributed by atoms with Crippen molar-refractivity contribution in [2.45, 2.75) is 18.9 Å². The highest BCUT2D eigenvalue weighted by atomic mass is 32.2. The lowest BCUT2D eigenvalue weighted by atomic mass is 10.1. The van der Waals surface area contributed by atoms with E-state index in [9.17, 15) is 0 Å². The Morgan fingerprint density at radius 3 is 3.00 bits per heavy atom. The maximum Gasteiger partial charge on any atom is 0.196 e. The lowest BCUT2D eigenvalue weighted by Crippen LogP contribution is -2.41.